The third-order valence-corrected chi connectivity index (χ3v) is 3.89. The van der Waals surface area contributed by atoms with E-state index in [9.17, 15) is 0 Å². The summed E-state index contributed by atoms with van der Waals surface area (Å²) in [6.45, 7) is 2.11. The molecule has 1 aliphatic carbocycles. The van der Waals surface area contributed by atoms with Gasteiger partial charge in [0.15, 0.2) is 5.79 Å². The van der Waals surface area contributed by atoms with Gasteiger partial charge in [0, 0.05) is 19.9 Å². The second kappa shape index (κ2) is 4.99. The van der Waals surface area contributed by atoms with Crippen LogP contribution < -0.4 is 0 Å². The highest BCUT2D eigenvalue weighted by atomic mass is 16.7. The van der Waals surface area contributed by atoms with Gasteiger partial charge in [-0.15, -0.1) is 0 Å². The minimum absolute atomic E-state index is 0.285. The van der Waals surface area contributed by atoms with E-state index in [0.717, 1.165) is 44.6 Å². The maximum atomic E-state index is 5.94. The van der Waals surface area contributed by atoms with E-state index in [0.29, 0.717) is 12.7 Å². The van der Waals surface area contributed by atoms with Crippen molar-refractivity contribution in [1.82, 2.24) is 9.55 Å². The van der Waals surface area contributed by atoms with Gasteiger partial charge >= 0.3 is 0 Å². The summed E-state index contributed by atoms with van der Waals surface area (Å²) in [7, 11) is 1.99. The Morgan fingerprint density at radius 2 is 2.11 bits per heavy atom. The van der Waals surface area contributed by atoms with Crippen LogP contribution in [0.1, 0.15) is 31.4 Å². The first-order valence-electron chi connectivity index (χ1n) is 6.62. The van der Waals surface area contributed by atoms with Crippen LogP contribution in [0, 0.1) is 0 Å². The van der Waals surface area contributed by atoms with Crippen molar-refractivity contribution in [2.75, 3.05) is 13.2 Å². The minimum atomic E-state index is -0.285. The molecule has 0 unspecified atom stereocenters. The molecule has 1 aromatic heterocycles. The molecule has 0 atom stereocenters. The molecule has 2 fully saturated rings. The zero-order valence-electron chi connectivity index (χ0n) is 10.8. The summed E-state index contributed by atoms with van der Waals surface area (Å²) in [6.07, 6.45) is 7.89. The number of nitrogens with zero attached hydrogens (tertiary/aromatic N) is 2. The van der Waals surface area contributed by atoms with Crippen LogP contribution in [0.3, 0.4) is 0 Å². The Hall–Kier alpha value is -0.910. The van der Waals surface area contributed by atoms with Crippen LogP contribution in [-0.2, 0) is 27.9 Å². The predicted molar refractivity (Wildman–Crippen MR) is 64.9 cm³/mol. The highest BCUT2D eigenvalue weighted by Crippen LogP contribution is 2.36. The molecule has 1 aliphatic heterocycles. The Labute approximate surface area is 107 Å². The lowest BCUT2D eigenvalue weighted by Crippen LogP contribution is -2.37. The second-order valence-corrected chi connectivity index (χ2v) is 5.11. The van der Waals surface area contributed by atoms with E-state index >= 15 is 0 Å². The molecule has 1 aromatic rings. The molecule has 0 bridgehead atoms. The van der Waals surface area contributed by atoms with Gasteiger partial charge in [0.2, 0.25) is 0 Å². The summed E-state index contributed by atoms with van der Waals surface area (Å²) in [6, 6.07) is 0. The molecule has 0 N–H and O–H groups in total. The van der Waals surface area contributed by atoms with E-state index in [1.807, 2.05) is 17.8 Å². The van der Waals surface area contributed by atoms with Gasteiger partial charge in [-0.3, -0.25) is 0 Å². The molecule has 1 saturated heterocycles. The van der Waals surface area contributed by atoms with Gasteiger partial charge in [0.1, 0.15) is 0 Å². The van der Waals surface area contributed by atoms with E-state index in [4.69, 9.17) is 14.2 Å². The molecule has 1 spiro atoms. The van der Waals surface area contributed by atoms with Gasteiger partial charge in [-0.2, -0.15) is 0 Å². The zero-order valence-corrected chi connectivity index (χ0v) is 10.8. The van der Waals surface area contributed by atoms with Gasteiger partial charge in [-0.25, -0.2) is 4.98 Å². The summed E-state index contributed by atoms with van der Waals surface area (Å²) >= 11 is 0. The van der Waals surface area contributed by atoms with Gasteiger partial charge < -0.3 is 18.8 Å². The lowest BCUT2D eigenvalue weighted by Gasteiger charge is -2.35. The molecule has 0 amide bonds. The van der Waals surface area contributed by atoms with Crippen LogP contribution in [0.2, 0.25) is 0 Å². The lowest BCUT2D eigenvalue weighted by atomic mass is 9.92. The van der Waals surface area contributed by atoms with E-state index in [-0.39, 0.29) is 5.79 Å². The van der Waals surface area contributed by atoms with Crippen LogP contribution in [0.25, 0.3) is 0 Å². The van der Waals surface area contributed by atoms with Gasteiger partial charge in [0.05, 0.1) is 44.1 Å². The molecule has 0 aromatic carbocycles. The molecule has 1 saturated carbocycles. The zero-order chi connectivity index (χ0) is 12.4. The summed E-state index contributed by atoms with van der Waals surface area (Å²) in [5.74, 6) is -0.285. The molecule has 0 radical (unpaired) electrons. The van der Waals surface area contributed by atoms with Crippen molar-refractivity contribution in [3.8, 4) is 0 Å². The average Bonchev–Trinajstić information content (AvgIpc) is 2.99. The largest absolute Gasteiger partial charge is 0.372 e. The summed E-state index contributed by atoms with van der Waals surface area (Å²) in [5.41, 5.74) is 1.11. The maximum absolute atomic E-state index is 5.94. The van der Waals surface area contributed by atoms with Crippen molar-refractivity contribution >= 4 is 0 Å². The molecule has 18 heavy (non-hydrogen) atoms. The molecule has 5 nitrogen and oxygen atoms in total. The highest BCUT2D eigenvalue weighted by Gasteiger charge is 2.40. The Balaban J connectivity index is 1.47. The van der Waals surface area contributed by atoms with E-state index in [1.54, 1.807) is 6.33 Å². The van der Waals surface area contributed by atoms with Gasteiger partial charge in [-0.1, -0.05) is 0 Å². The van der Waals surface area contributed by atoms with Gasteiger partial charge in [-0.05, 0) is 12.8 Å². The van der Waals surface area contributed by atoms with E-state index in [1.165, 1.54) is 0 Å². The fourth-order valence-corrected chi connectivity index (χ4v) is 2.71. The summed E-state index contributed by atoms with van der Waals surface area (Å²) < 4.78 is 19.3. The monoisotopic (exact) mass is 252 g/mol. The first-order chi connectivity index (χ1) is 8.77. The lowest BCUT2D eigenvalue weighted by molar-refractivity contribution is -0.192. The fraction of sp³-hybridized carbons (Fsp3) is 0.769. The Morgan fingerprint density at radius 1 is 1.39 bits per heavy atom. The number of hydrogen-bond donors (Lipinski definition) is 0. The van der Waals surface area contributed by atoms with Crippen molar-refractivity contribution in [2.24, 2.45) is 7.05 Å². The van der Waals surface area contributed by atoms with Crippen molar-refractivity contribution in [3.05, 3.63) is 18.2 Å². The SMILES string of the molecule is Cn1cncc1COC1CCC2(CC1)OCCO2. The smallest absolute Gasteiger partial charge is 0.168 e. The quantitative estimate of drug-likeness (QED) is 0.820. The van der Waals surface area contributed by atoms with Crippen molar-refractivity contribution < 1.29 is 14.2 Å². The van der Waals surface area contributed by atoms with Crippen LogP contribution in [0.5, 0.6) is 0 Å². The van der Waals surface area contributed by atoms with Gasteiger partial charge in [0.25, 0.3) is 0 Å². The third kappa shape index (κ3) is 2.43. The third-order valence-electron chi connectivity index (χ3n) is 3.89. The number of imidazole rings is 1. The van der Waals surface area contributed by atoms with Crippen LogP contribution in [0.4, 0.5) is 0 Å². The summed E-state index contributed by atoms with van der Waals surface area (Å²) in [4.78, 5) is 4.09. The number of rotatable bonds is 3. The van der Waals surface area contributed by atoms with Crippen LogP contribution in [-0.4, -0.2) is 34.7 Å². The minimum Gasteiger partial charge on any atom is -0.372 e. The Morgan fingerprint density at radius 3 is 2.72 bits per heavy atom. The van der Waals surface area contributed by atoms with Crippen LogP contribution >= 0.6 is 0 Å². The second-order valence-electron chi connectivity index (χ2n) is 5.11. The first kappa shape index (κ1) is 12.1. The molecule has 2 heterocycles. The molecular formula is C13H20N2O3. The Kier molecular flexibility index (Phi) is 3.37. The first-order valence-corrected chi connectivity index (χ1v) is 6.62. The highest BCUT2D eigenvalue weighted by molar-refractivity contribution is 4.95. The fourth-order valence-electron chi connectivity index (χ4n) is 2.71. The standard InChI is InChI=1S/C13H20N2O3/c1-15-10-14-8-11(15)9-16-12-2-4-13(5-3-12)17-6-7-18-13/h8,10,12H,2-7,9H2,1H3. The topological polar surface area (TPSA) is 45.5 Å². The van der Waals surface area contributed by atoms with E-state index in [2.05, 4.69) is 4.98 Å². The molecule has 2 aliphatic rings. The van der Waals surface area contributed by atoms with E-state index < -0.39 is 0 Å². The molecule has 3 rings (SSSR count). The predicted octanol–water partition coefficient (Wildman–Crippen LogP) is 1.62. The number of ether oxygens (including phenoxy) is 3. The number of aryl methyl sites for hydroxylation is 1. The molecular weight excluding hydrogens is 232 g/mol. The normalized spacial score (nSPS) is 23.8. The molecule has 5 heteroatoms. The maximum Gasteiger partial charge on any atom is 0.168 e. The Bertz CT molecular complexity index is 389. The summed E-state index contributed by atoms with van der Waals surface area (Å²) in [5, 5.41) is 0. The van der Waals surface area contributed by atoms with Crippen LogP contribution in [0.15, 0.2) is 12.5 Å². The van der Waals surface area contributed by atoms with Crippen molar-refractivity contribution in [3.63, 3.8) is 0 Å². The van der Waals surface area contributed by atoms with Crippen molar-refractivity contribution in [2.45, 2.75) is 44.2 Å². The average molecular weight is 252 g/mol. The number of hydrogen-bond acceptors (Lipinski definition) is 4. The molecule has 100 valence electrons. The number of aromatic nitrogens is 2. The van der Waals surface area contributed by atoms with Crippen molar-refractivity contribution in [1.29, 1.82) is 0 Å².